The molecule has 4 rings (SSSR count). The molecular weight excluding hydrogens is 341 g/mol. The molecule has 0 bridgehead atoms. The molecule has 1 fully saturated rings. The first-order valence-electron chi connectivity index (χ1n) is 9.37. The molecule has 2 aromatic heterocycles. The number of hydrogen-bond acceptors (Lipinski definition) is 2. The van der Waals surface area contributed by atoms with E-state index in [-0.39, 0.29) is 17.3 Å². The lowest BCUT2D eigenvalue weighted by Crippen LogP contribution is -2.44. The van der Waals surface area contributed by atoms with E-state index in [1.807, 2.05) is 33.9 Å². The summed E-state index contributed by atoms with van der Waals surface area (Å²) >= 11 is 0. The maximum Gasteiger partial charge on any atom is 0.242 e. The lowest BCUT2D eigenvalue weighted by atomic mass is 10.0. The van der Waals surface area contributed by atoms with Gasteiger partial charge in [-0.25, -0.2) is 4.39 Å². The van der Waals surface area contributed by atoms with Gasteiger partial charge in [0, 0.05) is 30.0 Å². The summed E-state index contributed by atoms with van der Waals surface area (Å²) in [6.07, 6.45) is 5.81. The van der Waals surface area contributed by atoms with Gasteiger partial charge in [0.05, 0.1) is 11.0 Å². The minimum absolute atomic E-state index is 0.0743. The van der Waals surface area contributed by atoms with Crippen LogP contribution < -0.4 is 0 Å². The second-order valence-corrected chi connectivity index (χ2v) is 8.00. The van der Waals surface area contributed by atoms with E-state index in [1.165, 1.54) is 6.07 Å². The fourth-order valence-corrected chi connectivity index (χ4v) is 3.98. The summed E-state index contributed by atoms with van der Waals surface area (Å²) in [5.74, 6) is -0.0759. The van der Waals surface area contributed by atoms with Crippen molar-refractivity contribution in [2.24, 2.45) is 0 Å². The van der Waals surface area contributed by atoms with Gasteiger partial charge in [0.15, 0.2) is 0 Å². The predicted octanol–water partition coefficient (Wildman–Crippen LogP) is 4.55. The van der Waals surface area contributed by atoms with Crippen molar-refractivity contribution in [2.45, 2.75) is 45.7 Å². The normalized spacial score (nSPS) is 16.2. The Bertz CT molecular complexity index is 1020. The summed E-state index contributed by atoms with van der Waals surface area (Å²) in [5.41, 5.74) is 4.14. The van der Waals surface area contributed by atoms with Crippen molar-refractivity contribution >= 4 is 16.9 Å². The average molecular weight is 365 g/mol. The van der Waals surface area contributed by atoms with Crippen molar-refractivity contribution in [3.63, 3.8) is 0 Å². The zero-order valence-electron chi connectivity index (χ0n) is 16.0. The summed E-state index contributed by atoms with van der Waals surface area (Å²) < 4.78 is 15.5. The van der Waals surface area contributed by atoms with Gasteiger partial charge in [0.1, 0.15) is 12.4 Å². The highest BCUT2D eigenvalue weighted by Gasteiger charge is 2.35. The van der Waals surface area contributed by atoms with Crippen LogP contribution in [0.5, 0.6) is 0 Å². The Labute approximate surface area is 158 Å². The molecule has 27 heavy (non-hydrogen) atoms. The van der Waals surface area contributed by atoms with Gasteiger partial charge < -0.3 is 9.47 Å². The number of rotatable bonds is 3. The standard InChI is InChI=1S/C22H24FN3O/c1-15-11-16(5-6-18(15)23)17-12-20-19(24-13-17)7-10-25(20)14-21(27)26-9-4-8-22(26,2)3/h5-7,10-13H,4,8-9,14H2,1-3H3. The SMILES string of the molecule is Cc1cc(-c2cnc3ccn(CC(=O)N4CCCC4(C)C)c3c2)ccc1F. The number of aromatic nitrogens is 2. The quantitative estimate of drug-likeness (QED) is 0.683. The van der Waals surface area contributed by atoms with Crippen molar-refractivity contribution in [3.8, 4) is 11.1 Å². The van der Waals surface area contributed by atoms with E-state index >= 15 is 0 Å². The second kappa shape index (κ2) is 6.48. The molecule has 1 saturated heterocycles. The van der Waals surface area contributed by atoms with Crippen LogP contribution in [0.15, 0.2) is 42.7 Å². The van der Waals surface area contributed by atoms with Gasteiger partial charge in [-0.3, -0.25) is 9.78 Å². The molecule has 0 spiro atoms. The molecule has 4 nitrogen and oxygen atoms in total. The van der Waals surface area contributed by atoms with E-state index in [4.69, 9.17) is 0 Å². The van der Waals surface area contributed by atoms with Crippen LogP contribution >= 0.6 is 0 Å². The molecule has 140 valence electrons. The van der Waals surface area contributed by atoms with Crippen molar-refractivity contribution in [2.75, 3.05) is 6.54 Å². The predicted molar refractivity (Wildman–Crippen MR) is 105 cm³/mol. The third-order valence-electron chi connectivity index (χ3n) is 5.62. The van der Waals surface area contributed by atoms with Gasteiger partial charge in [0.2, 0.25) is 5.91 Å². The lowest BCUT2D eigenvalue weighted by Gasteiger charge is -2.31. The van der Waals surface area contributed by atoms with E-state index in [2.05, 4.69) is 18.8 Å². The molecular formula is C22H24FN3O. The number of aryl methyl sites for hydroxylation is 1. The summed E-state index contributed by atoms with van der Waals surface area (Å²) in [5, 5.41) is 0. The number of nitrogens with zero attached hydrogens (tertiary/aromatic N) is 3. The molecule has 3 aromatic rings. The van der Waals surface area contributed by atoms with Crippen LogP contribution in [0, 0.1) is 12.7 Å². The smallest absolute Gasteiger partial charge is 0.242 e. The summed E-state index contributed by atoms with van der Waals surface area (Å²) in [6, 6.07) is 9.02. The molecule has 0 atom stereocenters. The highest BCUT2D eigenvalue weighted by molar-refractivity contribution is 5.84. The van der Waals surface area contributed by atoms with Gasteiger partial charge in [-0.2, -0.15) is 0 Å². The molecule has 3 heterocycles. The average Bonchev–Trinajstić information content (AvgIpc) is 3.19. The molecule has 0 aliphatic carbocycles. The maximum absolute atomic E-state index is 13.6. The number of carbonyl (C=O) groups is 1. The highest BCUT2D eigenvalue weighted by atomic mass is 19.1. The Balaban J connectivity index is 1.66. The van der Waals surface area contributed by atoms with E-state index < -0.39 is 0 Å². The van der Waals surface area contributed by atoms with Crippen LogP contribution in [0.2, 0.25) is 0 Å². The summed E-state index contributed by atoms with van der Waals surface area (Å²) in [7, 11) is 0. The van der Waals surface area contributed by atoms with Crippen LogP contribution in [0.1, 0.15) is 32.3 Å². The third kappa shape index (κ3) is 3.22. The number of hydrogen-bond donors (Lipinski definition) is 0. The molecule has 0 radical (unpaired) electrons. The van der Waals surface area contributed by atoms with E-state index in [9.17, 15) is 9.18 Å². The van der Waals surface area contributed by atoms with Gasteiger partial charge in [-0.05, 0) is 69.0 Å². The maximum atomic E-state index is 13.6. The Morgan fingerprint density at radius 2 is 2.04 bits per heavy atom. The number of pyridine rings is 1. The van der Waals surface area contributed by atoms with Crippen LogP contribution in [-0.4, -0.2) is 32.4 Å². The fourth-order valence-electron chi connectivity index (χ4n) is 3.98. The number of fused-ring (bicyclic) bond motifs is 1. The van der Waals surface area contributed by atoms with Crippen LogP contribution in [0.4, 0.5) is 4.39 Å². The molecule has 1 aliphatic heterocycles. The second-order valence-electron chi connectivity index (χ2n) is 8.00. The Hall–Kier alpha value is -2.69. The van der Waals surface area contributed by atoms with Gasteiger partial charge >= 0.3 is 0 Å². The van der Waals surface area contributed by atoms with Crippen molar-refractivity contribution < 1.29 is 9.18 Å². The number of benzene rings is 1. The molecule has 0 N–H and O–H groups in total. The largest absolute Gasteiger partial charge is 0.337 e. The third-order valence-corrected chi connectivity index (χ3v) is 5.62. The molecule has 0 saturated carbocycles. The van der Waals surface area contributed by atoms with Gasteiger partial charge in [0.25, 0.3) is 0 Å². The van der Waals surface area contributed by atoms with E-state index in [0.717, 1.165) is 41.5 Å². The summed E-state index contributed by atoms with van der Waals surface area (Å²) in [4.78, 5) is 19.4. The van der Waals surface area contributed by atoms with Gasteiger partial charge in [-0.15, -0.1) is 0 Å². The Morgan fingerprint density at radius 3 is 2.74 bits per heavy atom. The Morgan fingerprint density at radius 1 is 1.22 bits per heavy atom. The van der Waals surface area contributed by atoms with Crippen LogP contribution in [0.3, 0.4) is 0 Å². The molecule has 1 aliphatic rings. The first kappa shape index (κ1) is 17.7. The first-order chi connectivity index (χ1) is 12.8. The zero-order chi connectivity index (χ0) is 19.2. The number of halogens is 1. The summed E-state index contributed by atoms with van der Waals surface area (Å²) in [6.45, 7) is 7.14. The highest BCUT2D eigenvalue weighted by Crippen LogP contribution is 2.29. The van der Waals surface area contributed by atoms with E-state index in [0.29, 0.717) is 12.1 Å². The first-order valence-corrected chi connectivity index (χ1v) is 9.37. The van der Waals surface area contributed by atoms with Gasteiger partial charge in [-0.1, -0.05) is 6.07 Å². The lowest BCUT2D eigenvalue weighted by molar-refractivity contribution is -0.134. The minimum atomic E-state index is -0.213. The number of carbonyl (C=O) groups excluding carboxylic acids is 1. The van der Waals surface area contributed by atoms with Crippen LogP contribution in [0.25, 0.3) is 22.2 Å². The number of amides is 1. The van der Waals surface area contributed by atoms with Crippen molar-refractivity contribution in [3.05, 3.63) is 54.1 Å². The zero-order valence-corrected chi connectivity index (χ0v) is 16.0. The molecule has 1 amide bonds. The van der Waals surface area contributed by atoms with Crippen molar-refractivity contribution in [1.82, 2.24) is 14.5 Å². The van der Waals surface area contributed by atoms with E-state index in [1.54, 1.807) is 19.2 Å². The monoisotopic (exact) mass is 365 g/mol. The fraction of sp³-hybridized carbons (Fsp3) is 0.364. The Kier molecular flexibility index (Phi) is 4.25. The molecule has 1 aromatic carbocycles. The topological polar surface area (TPSA) is 38.1 Å². The molecule has 0 unspecified atom stereocenters. The van der Waals surface area contributed by atoms with Crippen LogP contribution in [-0.2, 0) is 11.3 Å². The minimum Gasteiger partial charge on any atom is -0.337 e. The van der Waals surface area contributed by atoms with Crippen molar-refractivity contribution in [1.29, 1.82) is 0 Å². The molecule has 5 heteroatoms. The number of likely N-dealkylation sites (tertiary alicyclic amines) is 1.